The number of fused-ring (bicyclic) bond motifs is 1. The Bertz CT molecular complexity index is 682. The third-order valence-corrected chi connectivity index (χ3v) is 2.83. The third kappa shape index (κ3) is 1.21. The second-order valence-corrected chi connectivity index (χ2v) is 4.00. The Morgan fingerprint density at radius 1 is 1.31 bits per heavy atom. The van der Waals surface area contributed by atoms with Gasteiger partial charge in [-0.15, -0.1) is 0 Å². The summed E-state index contributed by atoms with van der Waals surface area (Å²) in [7, 11) is 0. The van der Waals surface area contributed by atoms with Crippen LogP contribution >= 0.6 is 0 Å². The molecule has 0 unspecified atom stereocenters. The van der Waals surface area contributed by atoms with E-state index in [-0.39, 0.29) is 16.9 Å². The zero-order valence-electron chi connectivity index (χ0n) is 8.37. The highest BCUT2D eigenvalue weighted by atomic mass is 19.1. The number of nitrogens with zero attached hydrogens (tertiary/aromatic N) is 1. The van der Waals surface area contributed by atoms with Crippen LogP contribution in [0, 0.1) is 5.82 Å². The molecule has 1 aromatic heterocycles. The van der Waals surface area contributed by atoms with E-state index in [2.05, 4.69) is 4.98 Å². The minimum Gasteiger partial charge on any atom is -0.304 e. The van der Waals surface area contributed by atoms with E-state index >= 15 is 0 Å². The first kappa shape index (κ1) is 9.33. The van der Waals surface area contributed by atoms with Crippen LogP contribution in [-0.2, 0) is 0 Å². The molecule has 0 saturated heterocycles. The largest absolute Gasteiger partial charge is 0.329 e. The molecule has 5 heteroatoms. The Labute approximate surface area is 89.3 Å². The molecule has 16 heavy (non-hydrogen) atoms. The van der Waals surface area contributed by atoms with Crippen molar-refractivity contribution in [2.24, 2.45) is 0 Å². The molecule has 1 aromatic carbocycles. The van der Waals surface area contributed by atoms with E-state index in [1.165, 1.54) is 22.8 Å². The molecule has 1 N–H and O–H groups in total. The quantitative estimate of drug-likeness (QED) is 0.784. The number of benzene rings is 1. The van der Waals surface area contributed by atoms with Gasteiger partial charge in [0.2, 0.25) is 0 Å². The van der Waals surface area contributed by atoms with Crippen molar-refractivity contribution < 1.29 is 4.39 Å². The van der Waals surface area contributed by atoms with Gasteiger partial charge in [0.05, 0.1) is 10.9 Å². The number of rotatable bonds is 1. The van der Waals surface area contributed by atoms with Gasteiger partial charge in [0.1, 0.15) is 5.82 Å². The normalized spacial score (nSPS) is 15.6. The van der Waals surface area contributed by atoms with E-state index in [9.17, 15) is 14.0 Å². The molecular formula is C11H9FN2O2. The number of hydrogen-bond donors (Lipinski definition) is 1. The summed E-state index contributed by atoms with van der Waals surface area (Å²) in [5.74, 6) is -0.574. The first-order chi connectivity index (χ1) is 7.68. The molecule has 0 bridgehead atoms. The van der Waals surface area contributed by atoms with Crippen LogP contribution in [0.4, 0.5) is 4.39 Å². The minimum absolute atomic E-state index is 0.00519. The van der Waals surface area contributed by atoms with Gasteiger partial charge in [0, 0.05) is 6.04 Å². The van der Waals surface area contributed by atoms with E-state index in [0.717, 1.165) is 12.8 Å². The van der Waals surface area contributed by atoms with Crippen LogP contribution in [0.5, 0.6) is 0 Å². The molecule has 1 fully saturated rings. The van der Waals surface area contributed by atoms with E-state index < -0.39 is 17.1 Å². The van der Waals surface area contributed by atoms with Crippen molar-refractivity contribution in [1.29, 1.82) is 0 Å². The maximum atomic E-state index is 13.4. The molecule has 0 atom stereocenters. The second kappa shape index (κ2) is 3.04. The predicted molar refractivity (Wildman–Crippen MR) is 57.1 cm³/mol. The molecule has 1 aliphatic rings. The van der Waals surface area contributed by atoms with Crippen molar-refractivity contribution in [3.05, 3.63) is 44.9 Å². The highest BCUT2D eigenvalue weighted by molar-refractivity contribution is 5.77. The van der Waals surface area contributed by atoms with Crippen LogP contribution in [0.1, 0.15) is 18.9 Å². The van der Waals surface area contributed by atoms with Crippen molar-refractivity contribution in [1.82, 2.24) is 9.55 Å². The van der Waals surface area contributed by atoms with Crippen LogP contribution in [0.3, 0.4) is 0 Å². The first-order valence-electron chi connectivity index (χ1n) is 5.11. The van der Waals surface area contributed by atoms with E-state index in [1.54, 1.807) is 0 Å². The summed E-state index contributed by atoms with van der Waals surface area (Å²) in [6.45, 7) is 0. The number of H-pyrrole nitrogens is 1. The molecular weight excluding hydrogens is 211 g/mol. The molecule has 0 radical (unpaired) electrons. The number of para-hydroxylation sites is 1. The highest BCUT2D eigenvalue weighted by Gasteiger charge is 2.27. The lowest BCUT2D eigenvalue weighted by molar-refractivity contribution is 0.626. The lowest BCUT2D eigenvalue weighted by atomic mass is 10.2. The molecule has 2 aromatic rings. The van der Waals surface area contributed by atoms with Gasteiger partial charge < -0.3 is 4.98 Å². The SMILES string of the molecule is O=c1[nH]c2c(F)cccc2c(=O)n1C1CC1. The number of aromatic amines is 1. The zero-order valence-corrected chi connectivity index (χ0v) is 8.37. The van der Waals surface area contributed by atoms with E-state index in [4.69, 9.17) is 0 Å². The monoisotopic (exact) mass is 220 g/mol. The zero-order chi connectivity index (χ0) is 11.3. The summed E-state index contributed by atoms with van der Waals surface area (Å²) in [6, 6.07) is 4.20. The standard InChI is InChI=1S/C11H9FN2O2/c12-8-3-1-2-7-9(8)13-11(16)14(10(7)15)6-4-5-6/h1-3,6H,4-5H2,(H,13,16). The Hall–Kier alpha value is -1.91. The van der Waals surface area contributed by atoms with E-state index in [1.807, 2.05) is 0 Å². The van der Waals surface area contributed by atoms with Crippen molar-refractivity contribution in [2.75, 3.05) is 0 Å². The van der Waals surface area contributed by atoms with Gasteiger partial charge in [-0.1, -0.05) is 6.07 Å². The number of aromatic nitrogens is 2. The fraction of sp³-hybridized carbons (Fsp3) is 0.273. The van der Waals surface area contributed by atoms with Gasteiger partial charge in [-0.2, -0.15) is 0 Å². The highest BCUT2D eigenvalue weighted by Crippen LogP contribution is 2.32. The van der Waals surface area contributed by atoms with Gasteiger partial charge in [-0.3, -0.25) is 9.36 Å². The van der Waals surface area contributed by atoms with Crippen LogP contribution in [0.2, 0.25) is 0 Å². The van der Waals surface area contributed by atoms with Gasteiger partial charge in [-0.05, 0) is 25.0 Å². The van der Waals surface area contributed by atoms with Gasteiger partial charge in [0.15, 0.2) is 0 Å². The van der Waals surface area contributed by atoms with Gasteiger partial charge >= 0.3 is 5.69 Å². The third-order valence-electron chi connectivity index (χ3n) is 2.83. The van der Waals surface area contributed by atoms with Crippen molar-refractivity contribution in [3.63, 3.8) is 0 Å². The molecule has 1 saturated carbocycles. The molecule has 3 rings (SSSR count). The Kier molecular flexibility index (Phi) is 1.77. The maximum Gasteiger partial charge on any atom is 0.329 e. The fourth-order valence-corrected chi connectivity index (χ4v) is 1.88. The summed E-state index contributed by atoms with van der Waals surface area (Å²) >= 11 is 0. The molecule has 82 valence electrons. The number of hydrogen-bond acceptors (Lipinski definition) is 2. The Balaban J connectivity index is 2.48. The summed E-state index contributed by atoms with van der Waals surface area (Å²) in [4.78, 5) is 26.0. The van der Waals surface area contributed by atoms with Crippen molar-refractivity contribution in [3.8, 4) is 0 Å². The van der Waals surface area contributed by atoms with E-state index in [0.29, 0.717) is 0 Å². The lowest BCUT2D eigenvalue weighted by Crippen LogP contribution is -2.34. The van der Waals surface area contributed by atoms with Gasteiger partial charge in [-0.25, -0.2) is 9.18 Å². The Morgan fingerprint density at radius 2 is 2.06 bits per heavy atom. The molecule has 4 nitrogen and oxygen atoms in total. The first-order valence-corrected chi connectivity index (χ1v) is 5.11. The topological polar surface area (TPSA) is 54.9 Å². The van der Waals surface area contributed by atoms with Crippen LogP contribution in [0.25, 0.3) is 10.9 Å². The number of nitrogens with one attached hydrogen (secondary N) is 1. The minimum atomic E-state index is -0.574. The van der Waals surface area contributed by atoms with Gasteiger partial charge in [0.25, 0.3) is 5.56 Å². The van der Waals surface area contributed by atoms with Crippen molar-refractivity contribution in [2.45, 2.75) is 18.9 Å². The molecule has 0 aliphatic heterocycles. The molecule has 1 aliphatic carbocycles. The van der Waals surface area contributed by atoms with Crippen LogP contribution in [-0.4, -0.2) is 9.55 Å². The second-order valence-electron chi connectivity index (χ2n) is 4.00. The van der Waals surface area contributed by atoms with Crippen LogP contribution in [0.15, 0.2) is 27.8 Å². The molecule has 0 spiro atoms. The predicted octanol–water partition coefficient (Wildman–Crippen LogP) is 1.16. The summed E-state index contributed by atoms with van der Waals surface area (Å²) in [6.07, 6.45) is 1.67. The summed E-state index contributed by atoms with van der Waals surface area (Å²) in [5.41, 5.74) is -0.930. The molecule has 0 amide bonds. The van der Waals surface area contributed by atoms with Crippen molar-refractivity contribution >= 4 is 10.9 Å². The maximum absolute atomic E-state index is 13.4. The van der Waals surface area contributed by atoms with Crippen LogP contribution < -0.4 is 11.2 Å². The Morgan fingerprint density at radius 3 is 2.75 bits per heavy atom. The summed E-state index contributed by atoms with van der Waals surface area (Å²) < 4.78 is 14.6. The average molecular weight is 220 g/mol. The number of halogens is 1. The molecule has 1 heterocycles. The smallest absolute Gasteiger partial charge is 0.304 e. The summed E-state index contributed by atoms with van der Waals surface area (Å²) in [5, 5.41) is 0.228. The fourth-order valence-electron chi connectivity index (χ4n) is 1.88. The lowest BCUT2D eigenvalue weighted by Gasteiger charge is -2.04. The average Bonchev–Trinajstić information content (AvgIpc) is 3.04.